The Kier molecular flexibility index (Phi) is 5.17. The van der Waals surface area contributed by atoms with Crippen LogP contribution in [0.4, 0.5) is 10.5 Å². The van der Waals surface area contributed by atoms with Crippen LogP contribution in [0.1, 0.15) is 35.7 Å². The maximum Gasteiger partial charge on any atom is 0.337 e. The Morgan fingerprint density at radius 2 is 2.06 bits per heavy atom. The molecule has 0 heterocycles. The summed E-state index contributed by atoms with van der Waals surface area (Å²) in [7, 11) is 0. The molecule has 0 spiro atoms. The molecule has 5 heteroatoms. The topological polar surface area (TPSA) is 78.4 Å². The zero-order valence-corrected chi connectivity index (χ0v) is 10.6. The molecule has 0 aliphatic rings. The Labute approximate surface area is 106 Å². The molecule has 0 atom stereocenters. The van der Waals surface area contributed by atoms with E-state index in [4.69, 9.17) is 5.11 Å². The Hall–Kier alpha value is -2.04. The van der Waals surface area contributed by atoms with Gasteiger partial charge in [-0.2, -0.15) is 0 Å². The van der Waals surface area contributed by atoms with Gasteiger partial charge < -0.3 is 15.7 Å². The first-order valence-electron chi connectivity index (χ1n) is 5.93. The molecule has 0 bridgehead atoms. The largest absolute Gasteiger partial charge is 0.478 e. The molecule has 1 rings (SSSR count). The van der Waals surface area contributed by atoms with Crippen LogP contribution in [0.25, 0.3) is 0 Å². The molecule has 5 nitrogen and oxygen atoms in total. The molecule has 0 fully saturated rings. The monoisotopic (exact) mass is 250 g/mol. The van der Waals surface area contributed by atoms with Crippen LogP contribution < -0.4 is 10.6 Å². The normalized spacial score (nSPS) is 9.89. The SMILES string of the molecule is CCCCNC(=O)Nc1ccc(C)cc1C(=O)O. The van der Waals surface area contributed by atoms with Gasteiger partial charge in [-0.3, -0.25) is 0 Å². The van der Waals surface area contributed by atoms with E-state index >= 15 is 0 Å². The van der Waals surface area contributed by atoms with E-state index < -0.39 is 5.97 Å². The summed E-state index contributed by atoms with van der Waals surface area (Å²) in [4.78, 5) is 22.6. The summed E-state index contributed by atoms with van der Waals surface area (Å²) in [6.45, 7) is 4.41. The number of amides is 2. The maximum absolute atomic E-state index is 11.5. The van der Waals surface area contributed by atoms with Crippen LogP contribution in [-0.2, 0) is 0 Å². The third-order valence-corrected chi connectivity index (χ3v) is 2.47. The van der Waals surface area contributed by atoms with Crippen LogP contribution in [0.5, 0.6) is 0 Å². The summed E-state index contributed by atoms with van der Waals surface area (Å²) in [6.07, 6.45) is 1.89. The minimum atomic E-state index is -1.05. The number of unbranched alkanes of at least 4 members (excludes halogenated alkanes) is 1. The number of carbonyl (C=O) groups is 2. The first kappa shape index (κ1) is 14.0. The van der Waals surface area contributed by atoms with E-state index in [2.05, 4.69) is 10.6 Å². The standard InChI is InChI=1S/C13H18N2O3/c1-3-4-7-14-13(18)15-11-6-5-9(2)8-10(11)12(16)17/h5-6,8H,3-4,7H2,1-2H3,(H,16,17)(H2,14,15,18). The number of carbonyl (C=O) groups excluding carboxylic acids is 1. The van der Waals surface area contributed by atoms with Crippen LogP contribution in [-0.4, -0.2) is 23.7 Å². The van der Waals surface area contributed by atoms with Crippen molar-refractivity contribution in [3.05, 3.63) is 29.3 Å². The fraction of sp³-hybridized carbons (Fsp3) is 0.385. The lowest BCUT2D eigenvalue weighted by molar-refractivity contribution is 0.0698. The molecule has 0 saturated heterocycles. The number of carboxylic acids is 1. The smallest absolute Gasteiger partial charge is 0.337 e. The first-order chi connectivity index (χ1) is 8.54. The minimum absolute atomic E-state index is 0.0978. The van der Waals surface area contributed by atoms with Crippen LogP contribution >= 0.6 is 0 Å². The molecule has 18 heavy (non-hydrogen) atoms. The summed E-state index contributed by atoms with van der Waals surface area (Å²) in [6, 6.07) is 4.51. The molecule has 98 valence electrons. The van der Waals surface area contributed by atoms with Crippen LogP contribution in [0, 0.1) is 6.92 Å². The number of urea groups is 1. The number of nitrogens with one attached hydrogen (secondary N) is 2. The predicted molar refractivity (Wildman–Crippen MR) is 70.1 cm³/mol. The van der Waals surface area contributed by atoms with Gasteiger partial charge in [-0.25, -0.2) is 9.59 Å². The van der Waals surface area contributed by atoms with Gasteiger partial charge in [0, 0.05) is 6.54 Å². The second-order valence-electron chi connectivity index (χ2n) is 4.09. The fourth-order valence-corrected chi connectivity index (χ4v) is 1.49. The van der Waals surface area contributed by atoms with E-state index in [-0.39, 0.29) is 11.6 Å². The zero-order chi connectivity index (χ0) is 13.5. The Morgan fingerprint density at radius 1 is 1.33 bits per heavy atom. The predicted octanol–water partition coefficient (Wildman–Crippen LogP) is 2.61. The lowest BCUT2D eigenvalue weighted by Gasteiger charge is -2.10. The zero-order valence-electron chi connectivity index (χ0n) is 10.6. The highest BCUT2D eigenvalue weighted by molar-refractivity contribution is 6.00. The van der Waals surface area contributed by atoms with Crippen LogP contribution in [0.2, 0.25) is 0 Å². The van der Waals surface area contributed by atoms with Gasteiger partial charge in [-0.1, -0.05) is 25.0 Å². The molecule has 1 aromatic carbocycles. The van der Waals surface area contributed by atoms with Crippen molar-refractivity contribution in [3.63, 3.8) is 0 Å². The average Bonchev–Trinajstić information content (AvgIpc) is 2.31. The molecule has 2 amide bonds. The molecule has 0 aliphatic heterocycles. The van der Waals surface area contributed by atoms with E-state index in [0.717, 1.165) is 18.4 Å². The average molecular weight is 250 g/mol. The molecule has 0 unspecified atom stereocenters. The second kappa shape index (κ2) is 6.64. The molecule has 0 aliphatic carbocycles. The van der Waals surface area contributed by atoms with Crippen molar-refractivity contribution in [3.8, 4) is 0 Å². The molecular formula is C13H18N2O3. The van der Waals surface area contributed by atoms with Crippen LogP contribution in [0.3, 0.4) is 0 Å². The van der Waals surface area contributed by atoms with Gasteiger partial charge in [-0.05, 0) is 25.5 Å². The van der Waals surface area contributed by atoms with Gasteiger partial charge in [-0.15, -0.1) is 0 Å². The second-order valence-corrected chi connectivity index (χ2v) is 4.09. The minimum Gasteiger partial charge on any atom is -0.478 e. The number of benzene rings is 1. The maximum atomic E-state index is 11.5. The van der Waals surface area contributed by atoms with Gasteiger partial charge in [0.1, 0.15) is 0 Å². The molecule has 0 aromatic heterocycles. The Bertz CT molecular complexity index is 444. The Morgan fingerprint density at radius 3 is 2.67 bits per heavy atom. The van der Waals surface area contributed by atoms with E-state index in [9.17, 15) is 9.59 Å². The van der Waals surface area contributed by atoms with Crippen molar-refractivity contribution in [1.29, 1.82) is 0 Å². The van der Waals surface area contributed by atoms with Gasteiger partial charge >= 0.3 is 12.0 Å². The summed E-state index contributed by atoms with van der Waals surface area (Å²) < 4.78 is 0. The number of hydrogen-bond acceptors (Lipinski definition) is 2. The van der Waals surface area contributed by atoms with Crippen molar-refractivity contribution >= 4 is 17.7 Å². The van der Waals surface area contributed by atoms with E-state index in [1.54, 1.807) is 19.1 Å². The molecular weight excluding hydrogens is 232 g/mol. The molecule has 1 aromatic rings. The van der Waals surface area contributed by atoms with Gasteiger partial charge in [0.05, 0.1) is 11.3 Å². The third-order valence-electron chi connectivity index (χ3n) is 2.47. The number of anilines is 1. The molecule has 0 saturated carbocycles. The number of rotatable bonds is 5. The number of aromatic carboxylic acids is 1. The van der Waals surface area contributed by atoms with E-state index in [1.807, 2.05) is 6.92 Å². The van der Waals surface area contributed by atoms with Crippen molar-refractivity contribution in [2.45, 2.75) is 26.7 Å². The van der Waals surface area contributed by atoms with Crippen molar-refractivity contribution < 1.29 is 14.7 Å². The van der Waals surface area contributed by atoms with Crippen molar-refractivity contribution in [2.24, 2.45) is 0 Å². The highest BCUT2D eigenvalue weighted by Gasteiger charge is 2.12. The van der Waals surface area contributed by atoms with Gasteiger partial charge in [0.15, 0.2) is 0 Å². The summed E-state index contributed by atoms with van der Waals surface area (Å²) in [5, 5.41) is 14.3. The summed E-state index contributed by atoms with van der Waals surface area (Å²) in [5.41, 5.74) is 1.24. The van der Waals surface area contributed by atoms with Crippen molar-refractivity contribution in [2.75, 3.05) is 11.9 Å². The third kappa shape index (κ3) is 4.08. The van der Waals surface area contributed by atoms with E-state index in [0.29, 0.717) is 12.2 Å². The van der Waals surface area contributed by atoms with Crippen molar-refractivity contribution in [1.82, 2.24) is 5.32 Å². The highest BCUT2D eigenvalue weighted by atomic mass is 16.4. The fourth-order valence-electron chi connectivity index (χ4n) is 1.49. The lowest BCUT2D eigenvalue weighted by Crippen LogP contribution is -2.30. The number of carboxylic acid groups (broad SMARTS) is 1. The molecule has 0 radical (unpaired) electrons. The van der Waals surface area contributed by atoms with E-state index in [1.165, 1.54) is 6.07 Å². The van der Waals surface area contributed by atoms with Gasteiger partial charge in [0.25, 0.3) is 0 Å². The molecule has 3 N–H and O–H groups in total. The highest BCUT2D eigenvalue weighted by Crippen LogP contribution is 2.17. The first-order valence-corrected chi connectivity index (χ1v) is 5.93. The van der Waals surface area contributed by atoms with Crippen LogP contribution in [0.15, 0.2) is 18.2 Å². The van der Waals surface area contributed by atoms with Gasteiger partial charge in [0.2, 0.25) is 0 Å². The Balaban J connectivity index is 2.72. The lowest BCUT2D eigenvalue weighted by atomic mass is 10.1. The summed E-state index contributed by atoms with van der Waals surface area (Å²) in [5.74, 6) is -1.05. The number of hydrogen-bond donors (Lipinski definition) is 3. The quantitative estimate of drug-likeness (QED) is 0.703. The number of aryl methyl sites for hydroxylation is 1. The summed E-state index contributed by atoms with van der Waals surface area (Å²) >= 11 is 0.